The van der Waals surface area contributed by atoms with Crippen LogP contribution in [-0.2, 0) is 0 Å². The Labute approximate surface area is 106 Å². The molecule has 0 unspecified atom stereocenters. The van der Waals surface area contributed by atoms with Crippen molar-refractivity contribution in [3.05, 3.63) is 36.0 Å². The van der Waals surface area contributed by atoms with Gasteiger partial charge in [0.25, 0.3) is 0 Å². The zero-order valence-corrected chi connectivity index (χ0v) is 10.8. The van der Waals surface area contributed by atoms with Crippen molar-refractivity contribution in [2.75, 3.05) is 11.5 Å². The average molecular weight is 247 g/mol. The van der Waals surface area contributed by atoms with E-state index in [4.69, 9.17) is 0 Å². The number of rotatable bonds is 6. The number of nitrogens with one attached hydrogen (secondary N) is 1. The fourth-order valence-electron chi connectivity index (χ4n) is 1.79. The molecule has 0 aliphatic carbocycles. The molecular formula is C14H17NOS. The monoisotopic (exact) mass is 247 g/mol. The maximum Gasteiger partial charge on any atom is 0.174 e. The maximum atomic E-state index is 12.0. The number of benzene rings is 1. The van der Waals surface area contributed by atoms with E-state index in [0.29, 0.717) is 5.75 Å². The molecule has 0 atom stereocenters. The van der Waals surface area contributed by atoms with Gasteiger partial charge in [-0.25, -0.2) is 0 Å². The molecule has 3 heteroatoms. The minimum atomic E-state index is 0.226. The molecule has 2 nitrogen and oxygen atoms in total. The van der Waals surface area contributed by atoms with Crippen molar-refractivity contribution in [1.82, 2.24) is 4.98 Å². The predicted molar refractivity (Wildman–Crippen MR) is 74.9 cm³/mol. The van der Waals surface area contributed by atoms with Gasteiger partial charge in [-0.05, 0) is 18.2 Å². The Morgan fingerprint density at radius 1 is 1.35 bits per heavy atom. The van der Waals surface area contributed by atoms with Crippen molar-refractivity contribution < 1.29 is 4.79 Å². The molecule has 1 N–H and O–H groups in total. The van der Waals surface area contributed by atoms with Gasteiger partial charge in [-0.15, -0.1) is 0 Å². The fourth-order valence-corrected chi connectivity index (χ4v) is 2.77. The number of carbonyl (C=O) groups excluding carboxylic acids is 1. The van der Waals surface area contributed by atoms with Gasteiger partial charge in [0, 0.05) is 22.7 Å². The van der Waals surface area contributed by atoms with E-state index in [1.165, 1.54) is 12.8 Å². The van der Waals surface area contributed by atoms with Crippen LogP contribution in [0, 0.1) is 0 Å². The number of fused-ring (bicyclic) bond motifs is 1. The van der Waals surface area contributed by atoms with Crippen molar-refractivity contribution >= 4 is 28.4 Å². The highest BCUT2D eigenvalue weighted by Gasteiger charge is 2.11. The summed E-state index contributed by atoms with van der Waals surface area (Å²) in [5.41, 5.74) is 1.86. The summed E-state index contributed by atoms with van der Waals surface area (Å²) in [6, 6.07) is 7.94. The van der Waals surface area contributed by atoms with Gasteiger partial charge in [0.1, 0.15) is 0 Å². The molecule has 0 fully saturated rings. The van der Waals surface area contributed by atoms with E-state index in [-0.39, 0.29) is 5.78 Å². The van der Waals surface area contributed by atoms with Crippen LogP contribution in [0.1, 0.15) is 30.1 Å². The van der Waals surface area contributed by atoms with Crippen LogP contribution in [0.5, 0.6) is 0 Å². The summed E-state index contributed by atoms with van der Waals surface area (Å²) in [7, 11) is 0. The molecule has 1 aromatic carbocycles. The Morgan fingerprint density at radius 2 is 2.18 bits per heavy atom. The topological polar surface area (TPSA) is 32.9 Å². The molecule has 0 aliphatic heterocycles. The van der Waals surface area contributed by atoms with E-state index in [1.807, 2.05) is 30.5 Å². The van der Waals surface area contributed by atoms with E-state index in [2.05, 4.69) is 11.9 Å². The van der Waals surface area contributed by atoms with Crippen LogP contribution >= 0.6 is 11.8 Å². The molecule has 1 heterocycles. The number of thioether (sulfide) groups is 1. The zero-order valence-electron chi connectivity index (χ0n) is 10.0. The molecule has 1 aromatic heterocycles. The number of aromatic amines is 1. The number of ketones is 1. The first-order chi connectivity index (χ1) is 8.33. The number of hydrogen-bond donors (Lipinski definition) is 1. The molecule has 0 bridgehead atoms. The molecule has 0 saturated carbocycles. The van der Waals surface area contributed by atoms with E-state index >= 15 is 0 Å². The molecule has 0 saturated heterocycles. The van der Waals surface area contributed by atoms with Gasteiger partial charge in [0.05, 0.1) is 5.75 Å². The van der Waals surface area contributed by atoms with Gasteiger partial charge < -0.3 is 4.98 Å². The number of unbranched alkanes of at least 4 members (excludes halogenated alkanes) is 1. The normalized spacial score (nSPS) is 10.9. The lowest BCUT2D eigenvalue weighted by atomic mass is 10.1. The Hall–Kier alpha value is -1.22. The number of aromatic nitrogens is 1. The van der Waals surface area contributed by atoms with Crippen LogP contribution in [0.2, 0.25) is 0 Å². The lowest BCUT2D eigenvalue weighted by Crippen LogP contribution is -2.02. The second kappa shape index (κ2) is 5.92. The number of carbonyl (C=O) groups is 1. The Kier molecular flexibility index (Phi) is 4.26. The molecular weight excluding hydrogens is 230 g/mol. The van der Waals surface area contributed by atoms with E-state index in [1.54, 1.807) is 11.8 Å². The van der Waals surface area contributed by atoms with Crippen LogP contribution < -0.4 is 0 Å². The SMILES string of the molecule is CCCCSCC(=O)c1c[nH]c2ccccc12. The first-order valence-corrected chi connectivity index (χ1v) is 7.15. The van der Waals surface area contributed by atoms with Gasteiger partial charge in [-0.3, -0.25) is 4.79 Å². The summed E-state index contributed by atoms with van der Waals surface area (Å²) >= 11 is 1.73. The second-order valence-corrected chi connectivity index (χ2v) is 5.18. The molecule has 0 radical (unpaired) electrons. The lowest BCUT2D eigenvalue weighted by molar-refractivity contribution is 0.102. The third-order valence-corrected chi connectivity index (χ3v) is 3.81. The highest BCUT2D eigenvalue weighted by Crippen LogP contribution is 2.19. The number of para-hydroxylation sites is 1. The Balaban J connectivity index is 2.04. The summed E-state index contributed by atoms with van der Waals surface area (Å²) in [5.74, 6) is 1.88. The van der Waals surface area contributed by atoms with Gasteiger partial charge >= 0.3 is 0 Å². The number of H-pyrrole nitrogens is 1. The Bertz CT molecular complexity index is 504. The van der Waals surface area contributed by atoms with E-state index in [9.17, 15) is 4.79 Å². The largest absolute Gasteiger partial charge is 0.360 e. The van der Waals surface area contributed by atoms with Crippen molar-refractivity contribution in [2.24, 2.45) is 0 Å². The van der Waals surface area contributed by atoms with Gasteiger partial charge in [-0.2, -0.15) is 11.8 Å². The van der Waals surface area contributed by atoms with Crippen LogP contribution in [0.3, 0.4) is 0 Å². The molecule has 0 aliphatic rings. The number of Topliss-reactive ketones (excluding diaryl/α,β-unsaturated/α-hetero) is 1. The fraction of sp³-hybridized carbons (Fsp3) is 0.357. The molecule has 17 heavy (non-hydrogen) atoms. The number of hydrogen-bond acceptors (Lipinski definition) is 2. The minimum Gasteiger partial charge on any atom is -0.360 e. The molecule has 2 aromatic rings. The average Bonchev–Trinajstić information content (AvgIpc) is 2.78. The van der Waals surface area contributed by atoms with Crippen LogP contribution in [-0.4, -0.2) is 22.3 Å². The summed E-state index contributed by atoms with van der Waals surface area (Å²) in [6.07, 6.45) is 4.20. The molecule has 0 spiro atoms. The van der Waals surface area contributed by atoms with E-state index < -0.39 is 0 Å². The van der Waals surface area contributed by atoms with Gasteiger partial charge in [0.2, 0.25) is 0 Å². The van der Waals surface area contributed by atoms with Crippen molar-refractivity contribution in [2.45, 2.75) is 19.8 Å². The van der Waals surface area contributed by atoms with Crippen molar-refractivity contribution in [1.29, 1.82) is 0 Å². The summed E-state index contributed by atoms with van der Waals surface area (Å²) in [4.78, 5) is 15.2. The van der Waals surface area contributed by atoms with Crippen molar-refractivity contribution in [3.8, 4) is 0 Å². The lowest BCUT2D eigenvalue weighted by Gasteiger charge is -1.99. The van der Waals surface area contributed by atoms with Crippen LogP contribution in [0.4, 0.5) is 0 Å². The Morgan fingerprint density at radius 3 is 3.00 bits per heavy atom. The zero-order chi connectivity index (χ0) is 12.1. The first-order valence-electron chi connectivity index (χ1n) is 6.00. The van der Waals surface area contributed by atoms with Crippen LogP contribution in [0.15, 0.2) is 30.5 Å². The smallest absolute Gasteiger partial charge is 0.174 e. The maximum absolute atomic E-state index is 12.0. The summed E-state index contributed by atoms with van der Waals surface area (Å²) < 4.78 is 0. The molecule has 90 valence electrons. The third kappa shape index (κ3) is 2.91. The highest BCUT2D eigenvalue weighted by molar-refractivity contribution is 7.99. The quantitative estimate of drug-likeness (QED) is 0.620. The van der Waals surface area contributed by atoms with Gasteiger partial charge in [0.15, 0.2) is 5.78 Å². The highest BCUT2D eigenvalue weighted by atomic mass is 32.2. The molecule has 2 rings (SSSR count). The first kappa shape index (κ1) is 12.2. The van der Waals surface area contributed by atoms with Crippen LogP contribution in [0.25, 0.3) is 10.9 Å². The standard InChI is InChI=1S/C14H17NOS/c1-2-3-8-17-10-14(16)12-9-15-13-7-5-4-6-11(12)13/h4-7,9,15H,2-3,8,10H2,1H3. The third-order valence-electron chi connectivity index (χ3n) is 2.77. The predicted octanol–water partition coefficient (Wildman–Crippen LogP) is 3.88. The summed E-state index contributed by atoms with van der Waals surface area (Å²) in [6.45, 7) is 2.17. The second-order valence-electron chi connectivity index (χ2n) is 4.08. The van der Waals surface area contributed by atoms with E-state index in [0.717, 1.165) is 22.2 Å². The minimum absolute atomic E-state index is 0.226. The van der Waals surface area contributed by atoms with Crippen molar-refractivity contribution in [3.63, 3.8) is 0 Å². The molecule has 0 amide bonds. The summed E-state index contributed by atoms with van der Waals surface area (Å²) in [5, 5.41) is 1.04. The van der Waals surface area contributed by atoms with Gasteiger partial charge in [-0.1, -0.05) is 31.5 Å².